The Morgan fingerprint density at radius 1 is 0.444 bits per heavy atom. The number of nitrogens with one attached hydrogen (secondary N) is 1. The van der Waals surface area contributed by atoms with E-state index in [4.69, 9.17) is 17.2 Å². The van der Waals surface area contributed by atoms with Crippen molar-refractivity contribution in [3.8, 4) is 0 Å². The number of hydrogen-bond acceptors (Lipinski definition) is 16. The maximum Gasteiger partial charge on any atom is 0.305 e. The summed E-state index contributed by atoms with van der Waals surface area (Å²) in [5, 5.41) is 33.6. The Labute approximate surface area is 359 Å². The Morgan fingerprint density at radius 3 is 0.873 bits per heavy atom. The van der Waals surface area contributed by atoms with E-state index < -0.39 is 172 Å². The summed E-state index contributed by atoms with van der Waals surface area (Å²) in [7, 11) is 0. The topological polar surface area (TPSA) is 375 Å². The third-order valence-corrected chi connectivity index (χ3v) is 11.9. The zero-order valence-corrected chi connectivity index (χ0v) is 34.1. The molecule has 1 saturated heterocycles. The van der Waals surface area contributed by atoms with Crippen molar-refractivity contribution in [2.24, 2.45) is 17.2 Å². The van der Waals surface area contributed by atoms with E-state index in [2.05, 4.69) is 5.32 Å². The first-order valence-electron chi connectivity index (χ1n) is 19.7. The molecule has 0 bridgehead atoms. The number of imide groups is 3. The van der Waals surface area contributed by atoms with Crippen molar-refractivity contribution in [3.05, 3.63) is 36.5 Å². The van der Waals surface area contributed by atoms with E-state index in [1.54, 1.807) is 0 Å². The number of nitrogens with two attached hydrogens (primary N) is 3. The van der Waals surface area contributed by atoms with Crippen LogP contribution in [0.1, 0.15) is 38.5 Å². The number of amides is 9. The number of carbonyl (C=O) groups excluding carboxylic acids is 9. The van der Waals surface area contributed by atoms with E-state index in [1.165, 1.54) is 14.7 Å². The lowest BCUT2D eigenvalue weighted by atomic mass is 9.85. The third-order valence-electron chi connectivity index (χ3n) is 11.9. The summed E-state index contributed by atoms with van der Waals surface area (Å²) in [6.45, 7) is -3.75. The van der Waals surface area contributed by atoms with E-state index in [1.807, 2.05) is 0 Å². The van der Waals surface area contributed by atoms with Gasteiger partial charge in [-0.25, -0.2) is 0 Å². The van der Waals surface area contributed by atoms with Crippen molar-refractivity contribution >= 4 is 71.1 Å². The Kier molecular flexibility index (Phi) is 15.9. The summed E-state index contributed by atoms with van der Waals surface area (Å²) in [6, 6.07) is 0. The Hall–Kier alpha value is -6.70. The van der Waals surface area contributed by atoms with Crippen molar-refractivity contribution < 1.29 is 72.9 Å². The van der Waals surface area contributed by atoms with E-state index in [-0.39, 0.29) is 26.2 Å². The lowest BCUT2D eigenvalue weighted by Gasteiger charge is -2.48. The summed E-state index contributed by atoms with van der Waals surface area (Å²) < 4.78 is 0. The lowest BCUT2D eigenvalue weighted by molar-refractivity contribution is -0.151. The van der Waals surface area contributed by atoms with Crippen LogP contribution >= 0.6 is 0 Å². The molecule has 0 saturated carbocycles. The number of carboxylic acids is 3. The molecule has 4 aliphatic rings. The van der Waals surface area contributed by atoms with Crippen LogP contribution < -0.4 is 22.5 Å². The molecule has 63 heavy (non-hydrogen) atoms. The number of hydrogen-bond donors (Lipinski definition) is 7. The minimum Gasteiger partial charge on any atom is -0.481 e. The maximum atomic E-state index is 13.8. The van der Waals surface area contributed by atoms with Crippen molar-refractivity contribution in [1.82, 2.24) is 34.7 Å². The van der Waals surface area contributed by atoms with Crippen LogP contribution in [0.15, 0.2) is 36.5 Å². The second-order valence-electron chi connectivity index (χ2n) is 15.3. The number of nitrogens with zero attached hydrogens (tertiary/aromatic N) is 6. The van der Waals surface area contributed by atoms with Crippen LogP contribution in [0.25, 0.3) is 0 Å². The van der Waals surface area contributed by atoms with Gasteiger partial charge in [0.15, 0.2) is 0 Å². The van der Waals surface area contributed by atoms with Gasteiger partial charge in [-0.1, -0.05) is 0 Å². The first-order chi connectivity index (χ1) is 29.6. The average molecular weight is 887 g/mol. The molecule has 4 aliphatic heterocycles. The van der Waals surface area contributed by atoms with Crippen LogP contribution in [0.2, 0.25) is 0 Å². The van der Waals surface area contributed by atoms with Gasteiger partial charge >= 0.3 is 17.9 Å². The van der Waals surface area contributed by atoms with Crippen LogP contribution in [-0.4, -0.2) is 204 Å². The van der Waals surface area contributed by atoms with Crippen LogP contribution in [-0.2, 0) is 57.5 Å². The molecule has 3 unspecified atom stereocenters. The molecular weight excluding hydrogens is 836 g/mol. The molecule has 10 N–H and O–H groups in total. The lowest BCUT2D eigenvalue weighted by Crippen LogP contribution is -2.67. The fraction of sp³-hybridized carbons (Fsp3) is 0.526. The average Bonchev–Trinajstić information content (AvgIpc) is 3.81. The fourth-order valence-electron chi connectivity index (χ4n) is 8.42. The van der Waals surface area contributed by atoms with Crippen molar-refractivity contribution in [3.63, 3.8) is 0 Å². The molecule has 0 aromatic carbocycles. The van der Waals surface area contributed by atoms with Gasteiger partial charge in [0.25, 0.3) is 35.4 Å². The molecular formula is C38H50N10O15. The quantitative estimate of drug-likeness (QED) is 0.0529. The standard InChI is InChI=1S/C38H50N10O15/c39-33(61)36(21-30(55)56,7-12-46-24(49)1-2-25(46)50)43-15-10-42-11-16-44(37(34(40)62,22-31(57)58)8-13-47-26(51)3-4-27(47)52)18-20-45(19-17-43)38(35(41)63,23-32(59)60)9-14-48-28(53)5-6-29(48)54/h1-6,42H,7-23H2,(H2,39,61)(H2,40,62)(H2,41,63)(H,55,56)(H,57,58)(H,59,60). The van der Waals surface area contributed by atoms with Gasteiger partial charge in [-0.3, -0.25) is 86.9 Å². The first kappa shape index (κ1) is 49.0. The zero-order valence-electron chi connectivity index (χ0n) is 34.1. The van der Waals surface area contributed by atoms with Crippen LogP contribution in [0, 0.1) is 0 Å². The number of aliphatic carboxylic acids is 3. The molecule has 3 atom stereocenters. The van der Waals surface area contributed by atoms with Crippen LogP contribution in [0.3, 0.4) is 0 Å². The van der Waals surface area contributed by atoms with Gasteiger partial charge in [-0.05, 0) is 19.3 Å². The van der Waals surface area contributed by atoms with Gasteiger partial charge in [-0.15, -0.1) is 0 Å². The number of primary amides is 3. The van der Waals surface area contributed by atoms with Crippen LogP contribution in [0.5, 0.6) is 0 Å². The highest BCUT2D eigenvalue weighted by atomic mass is 16.4. The molecule has 0 aromatic rings. The zero-order chi connectivity index (χ0) is 46.9. The fourth-order valence-corrected chi connectivity index (χ4v) is 8.42. The van der Waals surface area contributed by atoms with E-state index in [0.717, 1.165) is 51.2 Å². The Balaban J connectivity index is 1.85. The normalized spacial score (nSPS) is 21.2. The summed E-state index contributed by atoms with van der Waals surface area (Å²) >= 11 is 0. The van der Waals surface area contributed by atoms with Crippen molar-refractivity contribution in [2.75, 3.05) is 72.0 Å². The van der Waals surface area contributed by atoms with E-state index >= 15 is 0 Å². The molecule has 9 amide bonds. The predicted octanol–water partition coefficient (Wildman–Crippen LogP) is -5.46. The molecule has 0 aromatic heterocycles. The molecule has 0 spiro atoms. The second-order valence-corrected chi connectivity index (χ2v) is 15.3. The van der Waals surface area contributed by atoms with Crippen molar-refractivity contribution in [1.29, 1.82) is 0 Å². The highest BCUT2D eigenvalue weighted by Crippen LogP contribution is 2.32. The summed E-state index contributed by atoms with van der Waals surface area (Å²) in [4.78, 5) is 160. The van der Waals surface area contributed by atoms with Crippen molar-refractivity contribution in [2.45, 2.75) is 55.1 Å². The first-order valence-corrected chi connectivity index (χ1v) is 19.7. The molecule has 0 radical (unpaired) electrons. The number of carbonyl (C=O) groups is 12. The summed E-state index contributed by atoms with van der Waals surface area (Å²) in [6.07, 6.45) is 1.35. The van der Waals surface area contributed by atoms with Gasteiger partial charge in [0.2, 0.25) is 17.7 Å². The molecule has 342 valence electrons. The van der Waals surface area contributed by atoms with Gasteiger partial charge in [-0.2, -0.15) is 0 Å². The maximum absolute atomic E-state index is 13.8. The SMILES string of the molecule is NC(=O)C(CCN1C(=O)C=CC1=O)(CC(=O)O)N1CCNCCN(C(CCN2C(=O)C=CC2=O)(CC(=O)O)C(N)=O)CCN(C(CCN2C(=O)C=CC2=O)(CC(=O)O)C(N)=O)CC1. The number of rotatable bonds is 21. The van der Waals surface area contributed by atoms with Gasteiger partial charge < -0.3 is 37.8 Å². The minimum atomic E-state index is -2.31. The summed E-state index contributed by atoms with van der Waals surface area (Å²) in [5.74, 6) is -12.6. The second kappa shape index (κ2) is 20.4. The molecule has 25 heteroatoms. The molecule has 1 fully saturated rings. The molecule has 25 nitrogen and oxygen atoms in total. The Morgan fingerprint density at radius 2 is 0.667 bits per heavy atom. The highest BCUT2D eigenvalue weighted by Gasteiger charge is 2.50. The summed E-state index contributed by atoms with van der Waals surface area (Å²) in [5.41, 5.74) is 11.4. The third kappa shape index (κ3) is 11.0. The van der Waals surface area contributed by atoms with Gasteiger partial charge in [0, 0.05) is 108 Å². The van der Waals surface area contributed by atoms with Crippen LogP contribution in [0.4, 0.5) is 0 Å². The monoisotopic (exact) mass is 886 g/mol. The highest BCUT2D eigenvalue weighted by molar-refractivity contribution is 6.14. The minimum absolute atomic E-state index is 0.0706. The predicted molar refractivity (Wildman–Crippen MR) is 212 cm³/mol. The smallest absolute Gasteiger partial charge is 0.305 e. The number of carboxylic acid groups (broad SMARTS) is 3. The van der Waals surface area contributed by atoms with E-state index in [0.29, 0.717) is 0 Å². The molecule has 0 aliphatic carbocycles. The Bertz CT molecular complexity index is 1890. The van der Waals surface area contributed by atoms with E-state index in [9.17, 15) is 72.9 Å². The largest absolute Gasteiger partial charge is 0.481 e. The molecule has 4 rings (SSSR count). The van der Waals surface area contributed by atoms with Gasteiger partial charge in [0.1, 0.15) is 16.6 Å². The van der Waals surface area contributed by atoms with Gasteiger partial charge in [0.05, 0.1) is 19.3 Å². The molecule has 4 heterocycles.